The highest BCUT2D eigenvalue weighted by atomic mass is 32.2. The van der Waals surface area contributed by atoms with Crippen LogP contribution in [-0.4, -0.2) is 28.3 Å². The minimum atomic E-state index is -4.17. The molecule has 0 spiro atoms. The molecule has 7 nitrogen and oxygen atoms in total. The molecule has 0 radical (unpaired) electrons. The van der Waals surface area contributed by atoms with Crippen LogP contribution in [0.1, 0.15) is 38.2 Å². The van der Waals surface area contributed by atoms with E-state index in [1.165, 1.54) is 24.3 Å². The highest BCUT2D eigenvalue weighted by molar-refractivity contribution is 7.90. The van der Waals surface area contributed by atoms with E-state index >= 15 is 0 Å². The number of rotatable bonds is 5. The largest absolute Gasteiger partial charge is 0.287 e. The number of hydrogen-bond acceptors (Lipinski definition) is 5. The van der Waals surface area contributed by atoms with Gasteiger partial charge in [-0.05, 0) is 57.0 Å². The van der Waals surface area contributed by atoms with Crippen LogP contribution in [0, 0.1) is 27.7 Å². The van der Waals surface area contributed by atoms with Crippen molar-refractivity contribution in [3.63, 3.8) is 0 Å². The predicted octanol–water partition coefficient (Wildman–Crippen LogP) is 4.16. The number of carbonyl (C=O) groups excluding carboxylic acids is 1. The number of carbonyl (C=O) groups is 1. The molecule has 180 valence electrons. The Kier molecular flexibility index (Phi) is 6.25. The summed E-state index contributed by atoms with van der Waals surface area (Å²) in [7, 11) is -8.26. The summed E-state index contributed by atoms with van der Waals surface area (Å²) >= 11 is 0. The Balaban J connectivity index is 1.85. The molecule has 0 atom stereocenters. The molecule has 0 bridgehead atoms. The van der Waals surface area contributed by atoms with Crippen molar-refractivity contribution in [2.24, 2.45) is 4.40 Å². The first kappa shape index (κ1) is 24.6. The first-order valence-corrected chi connectivity index (χ1v) is 13.7. The van der Waals surface area contributed by atoms with E-state index in [1.54, 1.807) is 56.3 Å². The van der Waals surface area contributed by atoms with Crippen LogP contribution in [0.5, 0.6) is 0 Å². The van der Waals surface area contributed by atoms with Crippen LogP contribution in [0.2, 0.25) is 0 Å². The summed E-state index contributed by atoms with van der Waals surface area (Å²) in [5, 5.41) is 0. The van der Waals surface area contributed by atoms with Crippen molar-refractivity contribution in [2.45, 2.75) is 37.5 Å². The summed E-state index contributed by atoms with van der Waals surface area (Å²) in [5.41, 5.74) is 3.06. The van der Waals surface area contributed by atoms with Gasteiger partial charge in [-0.2, -0.15) is 12.8 Å². The lowest BCUT2D eigenvalue weighted by molar-refractivity contribution is 0.102. The highest BCUT2D eigenvalue weighted by Crippen LogP contribution is 2.27. The molecule has 0 fully saturated rings. The number of ketones is 1. The third-order valence-electron chi connectivity index (χ3n) is 5.63. The van der Waals surface area contributed by atoms with Gasteiger partial charge in [-0.1, -0.05) is 59.7 Å². The molecule has 1 N–H and O–H groups in total. The van der Waals surface area contributed by atoms with Crippen molar-refractivity contribution < 1.29 is 21.6 Å². The summed E-state index contributed by atoms with van der Waals surface area (Å²) < 4.78 is 59.0. The number of hydrogen-bond donors (Lipinski definition) is 1. The van der Waals surface area contributed by atoms with Crippen molar-refractivity contribution in [2.75, 3.05) is 0 Å². The molecular weight excluding hydrogens is 484 g/mol. The number of fused-ring (bicyclic) bond motifs is 1. The average Bonchev–Trinajstić information content (AvgIpc) is 2.76. The van der Waals surface area contributed by atoms with Gasteiger partial charge < -0.3 is 0 Å². The zero-order valence-electron chi connectivity index (χ0n) is 19.7. The molecule has 0 heterocycles. The van der Waals surface area contributed by atoms with Gasteiger partial charge in [0.1, 0.15) is 0 Å². The zero-order chi connectivity index (χ0) is 25.5. The van der Waals surface area contributed by atoms with Crippen LogP contribution in [0.3, 0.4) is 0 Å². The molecule has 0 saturated heterocycles. The highest BCUT2D eigenvalue weighted by Gasteiger charge is 2.29. The Morgan fingerprint density at radius 3 is 1.91 bits per heavy atom. The molecule has 35 heavy (non-hydrogen) atoms. The fourth-order valence-electron chi connectivity index (χ4n) is 4.15. The van der Waals surface area contributed by atoms with Crippen LogP contribution in [-0.2, 0) is 20.0 Å². The smallest absolute Gasteiger partial charge is 0.283 e. The van der Waals surface area contributed by atoms with Crippen molar-refractivity contribution in [1.29, 1.82) is 0 Å². The lowest BCUT2D eigenvalue weighted by atomic mass is 9.93. The molecule has 4 rings (SSSR count). The van der Waals surface area contributed by atoms with Gasteiger partial charge in [-0.3, -0.25) is 9.52 Å². The lowest BCUT2D eigenvalue weighted by Gasteiger charge is -2.19. The summed E-state index contributed by atoms with van der Waals surface area (Å²) in [6, 6.07) is 16.0. The monoisotopic (exact) mass is 508 g/mol. The Morgan fingerprint density at radius 2 is 1.31 bits per heavy atom. The predicted molar refractivity (Wildman–Crippen MR) is 135 cm³/mol. The van der Waals surface area contributed by atoms with E-state index in [0.29, 0.717) is 16.7 Å². The fraction of sp³-hybridized carbons (Fsp3) is 0.154. The number of sulfonamides is 2. The lowest BCUT2D eigenvalue weighted by Crippen LogP contribution is -2.31. The summed E-state index contributed by atoms with van der Waals surface area (Å²) in [5.74, 6) is -0.574. The molecule has 1 aliphatic carbocycles. The van der Waals surface area contributed by atoms with E-state index in [1.807, 2.05) is 13.8 Å². The van der Waals surface area contributed by atoms with Gasteiger partial charge in [0.2, 0.25) is 5.78 Å². The molecule has 0 aliphatic heterocycles. The standard InChI is InChI=1S/C26H24N2O5S2/c1-16-9-11-20(12-10-16)34(30,31)28-24-15-23(21-7-5-6-8-22(21)25(24)29)27-35(32,33)26-18(3)13-17(2)14-19(26)4/h5-15,28H,1-4H3/b27-23+. The topological polar surface area (TPSA) is 110 Å². The van der Waals surface area contributed by atoms with Crippen LogP contribution in [0.4, 0.5) is 0 Å². The summed E-state index contributed by atoms with van der Waals surface area (Å²) in [6.45, 7) is 7.10. The fourth-order valence-corrected chi connectivity index (χ4v) is 6.64. The van der Waals surface area contributed by atoms with Crippen molar-refractivity contribution in [3.8, 4) is 0 Å². The van der Waals surface area contributed by atoms with E-state index in [-0.39, 0.29) is 26.8 Å². The number of benzene rings is 3. The minimum Gasteiger partial charge on any atom is -0.287 e. The second-order valence-corrected chi connectivity index (χ2v) is 11.8. The van der Waals surface area contributed by atoms with Gasteiger partial charge in [0.05, 0.1) is 21.2 Å². The summed E-state index contributed by atoms with van der Waals surface area (Å²) in [6.07, 6.45) is 1.17. The third-order valence-corrected chi connectivity index (χ3v) is 8.61. The minimum absolute atomic E-state index is 0.0207. The quantitative estimate of drug-likeness (QED) is 0.557. The number of allylic oxidation sites excluding steroid dienone is 2. The van der Waals surface area contributed by atoms with E-state index in [9.17, 15) is 21.6 Å². The second kappa shape index (κ2) is 8.90. The first-order chi connectivity index (χ1) is 16.4. The van der Waals surface area contributed by atoms with Gasteiger partial charge in [0, 0.05) is 11.1 Å². The molecule has 3 aromatic carbocycles. The molecule has 0 amide bonds. The number of nitrogens with one attached hydrogen (secondary N) is 1. The Hall–Kier alpha value is -3.56. The van der Waals surface area contributed by atoms with Crippen LogP contribution >= 0.6 is 0 Å². The average molecular weight is 509 g/mol. The Morgan fingerprint density at radius 1 is 0.743 bits per heavy atom. The molecule has 1 aliphatic rings. The van der Waals surface area contributed by atoms with E-state index in [4.69, 9.17) is 0 Å². The van der Waals surface area contributed by atoms with Crippen LogP contribution < -0.4 is 4.72 Å². The first-order valence-electron chi connectivity index (χ1n) is 10.8. The number of nitrogens with zero attached hydrogens (tertiary/aromatic N) is 1. The maximum absolute atomic E-state index is 13.3. The number of Topliss-reactive ketones (excluding diaryl/α,β-unsaturated/α-hetero) is 1. The molecule has 3 aromatic rings. The summed E-state index contributed by atoms with van der Waals surface area (Å²) in [4.78, 5) is 13.2. The van der Waals surface area contributed by atoms with Crippen molar-refractivity contribution in [1.82, 2.24) is 4.72 Å². The molecule has 0 aromatic heterocycles. The third kappa shape index (κ3) is 4.82. The second-order valence-electron chi connectivity index (χ2n) is 8.53. The van der Waals surface area contributed by atoms with Gasteiger partial charge in [-0.15, -0.1) is 0 Å². The SMILES string of the molecule is Cc1ccc(S(=O)(=O)NC2=C/C(=N\S(=O)(=O)c3c(C)cc(C)cc3C)c3ccccc3C2=O)cc1. The van der Waals surface area contributed by atoms with E-state index in [0.717, 1.165) is 11.1 Å². The van der Waals surface area contributed by atoms with Crippen molar-refractivity contribution in [3.05, 3.63) is 106 Å². The normalized spacial score (nSPS) is 15.0. The maximum atomic E-state index is 13.3. The molecule has 0 unspecified atom stereocenters. The van der Waals surface area contributed by atoms with Crippen LogP contribution in [0.25, 0.3) is 0 Å². The van der Waals surface area contributed by atoms with Gasteiger partial charge in [-0.25, -0.2) is 8.42 Å². The molecule has 0 saturated carbocycles. The van der Waals surface area contributed by atoms with Gasteiger partial charge >= 0.3 is 0 Å². The van der Waals surface area contributed by atoms with E-state index in [2.05, 4.69) is 9.12 Å². The van der Waals surface area contributed by atoms with Crippen LogP contribution in [0.15, 0.2) is 86.6 Å². The van der Waals surface area contributed by atoms with E-state index < -0.39 is 25.8 Å². The molecule has 9 heteroatoms. The van der Waals surface area contributed by atoms with Gasteiger partial charge in [0.25, 0.3) is 20.0 Å². The number of aryl methyl sites for hydroxylation is 4. The molecular formula is C26H24N2O5S2. The van der Waals surface area contributed by atoms with Gasteiger partial charge in [0.15, 0.2) is 0 Å². The zero-order valence-corrected chi connectivity index (χ0v) is 21.3. The maximum Gasteiger partial charge on any atom is 0.283 e. The Bertz CT molecular complexity index is 1610. The Labute approximate surface area is 205 Å². The van der Waals surface area contributed by atoms with Crippen molar-refractivity contribution >= 4 is 31.5 Å².